The molecule has 3 unspecified atom stereocenters. The smallest absolute Gasteiger partial charge is 0.303 e. The molecule has 30 heavy (non-hydrogen) atoms. The highest BCUT2D eigenvalue weighted by molar-refractivity contribution is 6.01. The summed E-state index contributed by atoms with van der Waals surface area (Å²) < 4.78 is 4.95. The molecule has 0 bridgehead atoms. The summed E-state index contributed by atoms with van der Waals surface area (Å²) in [5, 5.41) is 11.4. The molecular formula is C25H30O5. The first-order valence-corrected chi connectivity index (χ1v) is 10.7. The fraction of sp³-hybridized carbons (Fsp3) is 0.560. The van der Waals surface area contributed by atoms with E-state index in [1.807, 2.05) is 18.2 Å². The zero-order valence-electron chi connectivity index (χ0n) is 17.9. The number of Topliss-reactive ketones (excluding diaryl/α,β-unsaturated/α-hetero) is 1. The van der Waals surface area contributed by atoms with E-state index < -0.39 is 22.9 Å². The number of hydrogen-bond donors (Lipinski definition) is 1. The van der Waals surface area contributed by atoms with Crippen LogP contribution in [0.2, 0.25) is 0 Å². The Kier molecular flexibility index (Phi) is 5.00. The SMILES string of the molecule is C=C[C@H]1CC2C([C@@H](O)C[C@]3(C)C(C(=O)COC(C)=O)=CCC23)[C@@]2(C)C=CC(=O)C=C12. The van der Waals surface area contributed by atoms with Crippen LogP contribution in [-0.4, -0.2) is 35.4 Å². The van der Waals surface area contributed by atoms with Gasteiger partial charge in [0.2, 0.25) is 0 Å². The summed E-state index contributed by atoms with van der Waals surface area (Å²) in [7, 11) is 0. The van der Waals surface area contributed by atoms with E-state index in [2.05, 4.69) is 20.4 Å². The van der Waals surface area contributed by atoms with E-state index in [1.54, 1.807) is 12.2 Å². The van der Waals surface area contributed by atoms with Gasteiger partial charge in [-0.1, -0.05) is 32.1 Å². The Balaban J connectivity index is 1.69. The molecule has 1 N–H and O–H groups in total. The van der Waals surface area contributed by atoms with E-state index in [0.29, 0.717) is 12.0 Å². The number of rotatable bonds is 4. The molecule has 4 aliphatic rings. The third-order valence-corrected chi connectivity index (χ3v) is 8.16. The highest BCUT2D eigenvalue weighted by Gasteiger charge is 2.61. The van der Waals surface area contributed by atoms with Gasteiger partial charge in [0.1, 0.15) is 0 Å². The molecule has 7 atom stereocenters. The maximum Gasteiger partial charge on any atom is 0.303 e. The predicted octanol–water partition coefficient (Wildman–Crippen LogP) is 3.35. The molecule has 160 valence electrons. The molecule has 4 aliphatic carbocycles. The molecule has 0 heterocycles. The summed E-state index contributed by atoms with van der Waals surface area (Å²) in [5.74, 6) is -0.194. The van der Waals surface area contributed by atoms with Crippen LogP contribution in [-0.2, 0) is 19.1 Å². The molecule has 5 nitrogen and oxygen atoms in total. The number of ether oxygens (including phenoxy) is 1. The molecular weight excluding hydrogens is 380 g/mol. The molecule has 0 radical (unpaired) electrons. The summed E-state index contributed by atoms with van der Waals surface area (Å²) in [6.07, 6.45) is 10.7. The van der Waals surface area contributed by atoms with Gasteiger partial charge in [-0.3, -0.25) is 14.4 Å². The number of allylic oxidation sites excluding steroid dienone is 6. The van der Waals surface area contributed by atoms with Crippen LogP contribution >= 0.6 is 0 Å². The zero-order valence-corrected chi connectivity index (χ0v) is 17.9. The second-order valence-electron chi connectivity index (χ2n) is 9.74. The number of fused-ring (bicyclic) bond motifs is 5. The minimum atomic E-state index is -0.601. The van der Waals surface area contributed by atoms with Crippen molar-refractivity contribution in [3.63, 3.8) is 0 Å². The average Bonchev–Trinajstić information content (AvgIpc) is 3.02. The Morgan fingerprint density at radius 1 is 1.37 bits per heavy atom. The van der Waals surface area contributed by atoms with E-state index in [0.717, 1.165) is 18.4 Å². The van der Waals surface area contributed by atoms with E-state index in [4.69, 9.17) is 4.74 Å². The highest BCUT2D eigenvalue weighted by atomic mass is 16.5. The van der Waals surface area contributed by atoms with Crippen LogP contribution in [0.5, 0.6) is 0 Å². The summed E-state index contributed by atoms with van der Waals surface area (Å²) in [6, 6.07) is 0. The van der Waals surface area contributed by atoms with Gasteiger partial charge in [0.25, 0.3) is 0 Å². The lowest BCUT2D eigenvalue weighted by atomic mass is 9.45. The second-order valence-corrected chi connectivity index (χ2v) is 9.74. The summed E-state index contributed by atoms with van der Waals surface area (Å²) >= 11 is 0. The Labute approximate surface area is 177 Å². The lowest BCUT2D eigenvalue weighted by Crippen LogP contribution is -2.57. The number of carbonyl (C=O) groups excluding carboxylic acids is 3. The van der Waals surface area contributed by atoms with Crippen molar-refractivity contribution in [3.8, 4) is 0 Å². The Hall–Kier alpha value is -2.27. The van der Waals surface area contributed by atoms with Gasteiger partial charge in [-0.05, 0) is 54.7 Å². The average molecular weight is 411 g/mol. The molecule has 2 fully saturated rings. The lowest BCUT2D eigenvalue weighted by Gasteiger charge is -2.59. The number of aliphatic hydroxyl groups is 1. The van der Waals surface area contributed by atoms with Crippen LogP contribution in [0.15, 0.2) is 48.1 Å². The summed E-state index contributed by atoms with van der Waals surface area (Å²) in [6.45, 7) is 9.25. The maximum atomic E-state index is 12.8. The predicted molar refractivity (Wildman–Crippen MR) is 112 cm³/mol. The minimum Gasteiger partial charge on any atom is -0.457 e. The van der Waals surface area contributed by atoms with Crippen LogP contribution in [0.3, 0.4) is 0 Å². The van der Waals surface area contributed by atoms with Crippen LogP contribution < -0.4 is 0 Å². The molecule has 0 amide bonds. The zero-order chi connectivity index (χ0) is 21.8. The summed E-state index contributed by atoms with van der Waals surface area (Å²) in [5.41, 5.74) is 0.879. The topological polar surface area (TPSA) is 80.7 Å². The van der Waals surface area contributed by atoms with Gasteiger partial charge in [-0.25, -0.2) is 0 Å². The number of ketones is 2. The van der Waals surface area contributed by atoms with E-state index >= 15 is 0 Å². The van der Waals surface area contributed by atoms with Crippen molar-refractivity contribution in [2.75, 3.05) is 6.61 Å². The highest BCUT2D eigenvalue weighted by Crippen LogP contribution is 2.65. The maximum absolute atomic E-state index is 12.8. The second kappa shape index (κ2) is 7.16. The van der Waals surface area contributed by atoms with Crippen molar-refractivity contribution < 1.29 is 24.2 Å². The molecule has 4 rings (SSSR count). The van der Waals surface area contributed by atoms with Crippen molar-refractivity contribution in [3.05, 3.63) is 48.1 Å². The van der Waals surface area contributed by atoms with Gasteiger partial charge in [0, 0.05) is 29.2 Å². The molecule has 5 heteroatoms. The summed E-state index contributed by atoms with van der Waals surface area (Å²) in [4.78, 5) is 36.1. The minimum absolute atomic E-state index is 0.0104. The van der Waals surface area contributed by atoms with Gasteiger partial charge in [0.05, 0.1) is 6.10 Å². The van der Waals surface area contributed by atoms with E-state index in [9.17, 15) is 19.5 Å². The number of esters is 1. The Bertz CT molecular complexity index is 908. The Morgan fingerprint density at radius 2 is 2.10 bits per heavy atom. The molecule has 0 aromatic heterocycles. The quantitative estimate of drug-likeness (QED) is 0.568. The van der Waals surface area contributed by atoms with Gasteiger partial charge < -0.3 is 9.84 Å². The first kappa shape index (κ1) is 21.0. The monoisotopic (exact) mass is 410 g/mol. The van der Waals surface area contributed by atoms with Gasteiger partial charge in [-0.2, -0.15) is 0 Å². The van der Waals surface area contributed by atoms with E-state index in [-0.39, 0.29) is 41.8 Å². The normalized spacial score (nSPS) is 41.7. The standard InChI is InChI=1S/C25H30O5/c1-5-15-10-17-18-6-7-19(22(29)13-30-14(2)26)25(18,4)12-21(28)23(17)24(3)9-8-16(27)11-20(15)24/h5,7-9,11,15,17-18,21,23,28H,1,6,10,12-13H2,2-4H3/t15-,17?,18?,21-,23?,24-,25-/m0/s1. The van der Waals surface area contributed by atoms with Crippen LogP contribution in [0.4, 0.5) is 0 Å². The first-order valence-electron chi connectivity index (χ1n) is 10.7. The third kappa shape index (κ3) is 2.97. The van der Waals surface area contributed by atoms with E-state index in [1.165, 1.54) is 6.92 Å². The first-order chi connectivity index (χ1) is 14.1. The molecule has 0 saturated heterocycles. The molecule has 0 aromatic rings. The fourth-order valence-corrected chi connectivity index (χ4v) is 6.94. The molecule has 0 spiro atoms. The van der Waals surface area contributed by atoms with Crippen molar-refractivity contribution in [1.29, 1.82) is 0 Å². The van der Waals surface area contributed by atoms with Crippen LogP contribution in [0.1, 0.15) is 40.0 Å². The van der Waals surface area contributed by atoms with Crippen molar-refractivity contribution >= 4 is 17.5 Å². The number of carbonyl (C=O) groups is 3. The molecule has 2 saturated carbocycles. The Morgan fingerprint density at radius 3 is 2.77 bits per heavy atom. The van der Waals surface area contributed by atoms with Gasteiger partial charge in [0.15, 0.2) is 18.2 Å². The van der Waals surface area contributed by atoms with Crippen molar-refractivity contribution in [2.45, 2.75) is 46.1 Å². The van der Waals surface area contributed by atoms with Gasteiger partial charge in [-0.15, -0.1) is 6.58 Å². The van der Waals surface area contributed by atoms with Crippen LogP contribution in [0.25, 0.3) is 0 Å². The molecule has 0 aromatic carbocycles. The van der Waals surface area contributed by atoms with Crippen molar-refractivity contribution in [2.24, 2.45) is 34.5 Å². The van der Waals surface area contributed by atoms with Crippen molar-refractivity contribution in [1.82, 2.24) is 0 Å². The number of hydrogen-bond acceptors (Lipinski definition) is 5. The lowest BCUT2D eigenvalue weighted by molar-refractivity contribution is -0.145. The number of aliphatic hydroxyl groups excluding tert-OH is 1. The van der Waals surface area contributed by atoms with Gasteiger partial charge >= 0.3 is 5.97 Å². The largest absolute Gasteiger partial charge is 0.457 e. The fourth-order valence-electron chi connectivity index (χ4n) is 6.94. The third-order valence-electron chi connectivity index (χ3n) is 8.16. The van der Waals surface area contributed by atoms with Crippen LogP contribution in [0, 0.1) is 34.5 Å². The molecule has 0 aliphatic heterocycles.